The first-order valence-corrected chi connectivity index (χ1v) is 6.74. The first-order valence-electron chi connectivity index (χ1n) is 6.36. The predicted molar refractivity (Wildman–Crippen MR) is 78.8 cm³/mol. The summed E-state index contributed by atoms with van der Waals surface area (Å²) < 4.78 is 0. The molecule has 0 saturated heterocycles. The number of anilines is 1. The molecule has 0 aliphatic rings. The lowest BCUT2D eigenvalue weighted by molar-refractivity contribution is 0.101. The van der Waals surface area contributed by atoms with Crippen molar-refractivity contribution in [3.05, 3.63) is 28.8 Å². The summed E-state index contributed by atoms with van der Waals surface area (Å²) in [6.07, 6.45) is 1.13. The van der Waals surface area contributed by atoms with Crippen LogP contribution < -0.4 is 4.90 Å². The highest BCUT2D eigenvalue weighted by Crippen LogP contribution is 2.25. The molecule has 0 saturated carbocycles. The molecule has 100 valence electrons. The van der Waals surface area contributed by atoms with E-state index in [2.05, 4.69) is 32.7 Å². The van der Waals surface area contributed by atoms with E-state index in [1.807, 2.05) is 12.1 Å². The van der Waals surface area contributed by atoms with E-state index < -0.39 is 0 Å². The molecule has 0 radical (unpaired) electrons. The SMILES string of the molecule is CC(=O)c1ccc(N(C)C(C)CC(C)C)cc1Cl. The molecule has 1 atom stereocenters. The van der Waals surface area contributed by atoms with E-state index >= 15 is 0 Å². The van der Waals surface area contributed by atoms with Gasteiger partial charge in [0.25, 0.3) is 0 Å². The van der Waals surface area contributed by atoms with Gasteiger partial charge in [0.15, 0.2) is 5.78 Å². The van der Waals surface area contributed by atoms with E-state index in [1.165, 1.54) is 6.92 Å². The molecule has 0 aromatic heterocycles. The van der Waals surface area contributed by atoms with Crippen molar-refractivity contribution in [1.29, 1.82) is 0 Å². The van der Waals surface area contributed by atoms with E-state index in [1.54, 1.807) is 6.07 Å². The maximum absolute atomic E-state index is 11.3. The molecular formula is C15H22ClNO. The van der Waals surface area contributed by atoms with Crippen LogP contribution in [0.2, 0.25) is 5.02 Å². The van der Waals surface area contributed by atoms with Crippen LogP contribution in [0.25, 0.3) is 0 Å². The monoisotopic (exact) mass is 267 g/mol. The number of halogens is 1. The molecule has 18 heavy (non-hydrogen) atoms. The number of ketones is 1. The summed E-state index contributed by atoms with van der Waals surface area (Å²) in [4.78, 5) is 13.5. The van der Waals surface area contributed by atoms with Gasteiger partial charge >= 0.3 is 0 Å². The Hall–Kier alpha value is -1.02. The second kappa shape index (κ2) is 6.24. The van der Waals surface area contributed by atoms with E-state index in [-0.39, 0.29) is 5.78 Å². The first-order chi connectivity index (χ1) is 8.32. The van der Waals surface area contributed by atoms with Crippen molar-refractivity contribution in [3.63, 3.8) is 0 Å². The van der Waals surface area contributed by atoms with Gasteiger partial charge in [0.1, 0.15) is 0 Å². The number of Topliss-reactive ketones (excluding diaryl/α,β-unsaturated/α-hetero) is 1. The van der Waals surface area contributed by atoms with Gasteiger partial charge in [0.2, 0.25) is 0 Å². The highest BCUT2D eigenvalue weighted by molar-refractivity contribution is 6.34. The number of carbonyl (C=O) groups is 1. The van der Waals surface area contributed by atoms with Crippen molar-refractivity contribution in [2.75, 3.05) is 11.9 Å². The van der Waals surface area contributed by atoms with Gasteiger partial charge in [-0.3, -0.25) is 4.79 Å². The maximum atomic E-state index is 11.3. The molecule has 1 aromatic carbocycles. The van der Waals surface area contributed by atoms with Gasteiger partial charge < -0.3 is 4.90 Å². The average molecular weight is 268 g/mol. The average Bonchev–Trinajstić information content (AvgIpc) is 2.26. The molecule has 0 aliphatic carbocycles. The van der Waals surface area contributed by atoms with Gasteiger partial charge in [-0.15, -0.1) is 0 Å². The van der Waals surface area contributed by atoms with E-state index in [0.717, 1.165) is 12.1 Å². The van der Waals surface area contributed by atoms with Crippen LogP contribution in [-0.4, -0.2) is 18.9 Å². The van der Waals surface area contributed by atoms with Crippen LogP contribution in [0.3, 0.4) is 0 Å². The number of carbonyl (C=O) groups excluding carboxylic acids is 1. The standard InChI is InChI=1S/C15H22ClNO/c1-10(2)8-11(3)17(5)13-6-7-14(12(4)18)15(16)9-13/h6-7,9-11H,8H2,1-5H3. The molecule has 0 N–H and O–H groups in total. The first kappa shape index (κ1) is 15.0. The summed E-state index contributed by atoms with van der Waals surface area (Å²) in [5.41, 5.74) is 1.64. The van der Waals surface area contributed by atoms with Gasteiger partial charge in [-0.25, -0.2) is 0 Å². The highest BCUT2D eigenvalue weighted by atomic mass is 35.5. The number of hydrogen-bond acceptors (Lipinski definition) is 2. The molecule has 3 heteroatoms. The molecule has 0 fully saturated rings. The third-order valence-corrected chi connectivity index (χ3v) is 3.53. The number of benzene rings is 1. The van der Waals surface area contributed by atoms with Crippen LogP contribution in [0, 0.1) is 5.92 Å². The third-order valence-electron chi connectivity index (χ3n) is 3.21. The highest BCUT2D eigenvalue weighted by Gasteiger charge is 2.14. The second-order valence-corrected chi connectivity index (χ2v) is 5.72. The van der Waals surface area contributed by atoms with Crippen molar-refractivity contribution in [3.8, 4) is 0 Å². The number of nitrogens with zero attached hydrogens (tertiary/aromatic N) is 1. The van der Waals surface area contributed by atoms with E-state index in [0.29, 0.717) is 22.5 Å². The summed E-state index contributed by atoms with van der Waals surface area (Å²) in [5, 5.41) is 0.531. The van der Waals surface area contributed by atoms with E-state index in [9.17, 15) is 4.79 Å². The lowest BCUT2D eigenvalue weighted by Gasteiger charge is -2.28. The van der Waals surface area contributed by atoms with Gasteiger partial charge in [-0.2, -0.15) is 0 Å². The van der Waals surface area contributed by atoms with Gasteiger partial charge in [-0.1, -0.05) is 25.4 Å². The maximum Gasteiger partial charge on any atom is 0.161 e. The van der Waals surface area contributed by atoms with Gasteiger partial charge in [0, 0.05) is 24.3 Å². The topological polar surface area (TPSA) is 20.3 Å². The zero-order valence-electron chi connectivity index (χ0n) is 11.8. The van der Waals surface area contributed by atoms with Crippen LogP contribution in [-0.2, 0) is 0 Å². The number of rotatable bonds is 5. The van der Waals surface area contributed by atoms with Crippen molar-refractivity contribution < 1.29 is 4.79 Å². The van der Waals surface area contributed by atoms with Crippen molar-refractivity contribution in [1.82, 2.24) is 0 Å². The molecule has 0 bridgehead atoms. The Labute approximate surface area is 115 Å². The van der Waals surface area contributed by atoms with Crippen LogP contribution >= 0.6 is 11.6 Å². The summed E-state index contributed by atoms with van der Waals surface area (Å²) in [7, 11) is 2.06. The Kier molecular flexibility index (Phi) is 5.21. The third kappa shape index (κ3) is 3.74. The van der Waals surface area contributed by atoms with Gasteiger partial charge in [0.05, 0.1) is 5.02 Å². The molecule has 1 aromatic rings. The molecule has 0 spiro atoms. The number of hydrogen-bond donors (Lipinski definition) is 0. The molecule has 0 aliphatic heterocycles. The fourth-order valence-corrected chi connectivity index (χ4v) is 2.41. The summed E-state index contributed by atoms with van der Waals surface area (Å²) in [6, 6.07) is 6.08. The fourth-order valence-electron chi connectivity index (χ4n) is 2.10. The minimum Gasteiger partial charge on any atom is -0.372 e. The normalized spacial score (nSPS) is 12.6. The molecule has 0 amide bonds. The Morgan fingerprint density at radius 3 is 2.39 bits per heavy atom. The van der Waals surface area contributed by atoms with Crippen LogP contribution in [0.1, 0.15) is 44.5 Å². The molecule has 2 nitrogen and oxygen atoms in total. The Morgan fingerprint density at radius 1 is 1.33 bits per heavy atom. The van der Waals surface area contributed by atoms with Crippen molar-refractivity contribution >= 4 is 23.1 Å². The summed E-state index contributed by atoms with van der Waals surface area (Å²) in [5.74, 6) is 0.666. The molecule has 1 rings (SSSR count). The van der Waals surface area contributed by atoms with Crippen LogP contribution in [0.5, 0.6) is 0 Å². The largest absolute Gasteiger partial charge is 0.372 e. The van der Waals surface area contributed by atoms with Crippen LogP contribution in [0.15, 0.2) is 18.2 Å². The minimum absolute atomic E-state index is 0.00410. The lowest BCUT2D eigenvalue weighted by atomic mass is 10.0. The molecule has 0 heterocycles. The Balaban J connectivity index is 2.90. The quantitative estimate of drug-likeness (QED) is 0.737. The van der Waals surface area contributed by atoms with Crippen molar-refractivity contribution in [2.45, 2.75) is 40.2 Å². The van der Waals surface area contributed by atoms with Gasteiger partial charge in [-0.05, 0) is 44.4 Å². The minimum atomic E-state index is 0.00410. The second-order valence-electron chi connectivity index (χ2n) is 5.31. The molecule has 1 unspecified atom stereocenters. The fraction of sp³-hybridized carbons (Fsp3) is 0.533. The van der Waals surface area contributed by atoms with E-state index in [4.69, 9.17) is 11.6 Å². The summed E-state index contributed by atoms with van der Waals surface area (Å²) >= 11 is 6.13. The Morgan fingerprint density at radius 2 is 1.94 bits per heavy atom. The zero-order valence-corrected chi connectivity index (χ0v) is 12.6. The molecular weight excluding hydrogens is 246 g/mol. The predicted octanol–water partition coefficient (Wildman–Crippen LogP) is 4.41. The van der Waals surface area contributed by atoms with Crippen molar-refractivity contribution in [2.24, 2.45) is 5.92 Å². The Bertz CT molecular complexity index is 429. The summed E-state index contributed by atoms with van der Waals surface area (Å²) in [6.45, 7) is 8.17. The smallest absolute Gasteiger partial charge is 0.161 e. The lowest BCUT2D eigenvalue weighted by Crippen LogP contribution is -2.30. The van der Waals surface area contributed by atoms with Crippen LogP contribution in [0.4, 0.5) is 5.69 Å². The zero-order chi connectivity index (χ0) is 13.9.